The van der Waals surface area contributed by atoms with Gasteiger partial charge >= 0.3 is 0 Å². The van der Waals surface area contributed by atoms with Gasteiger partial charge in [0.25, 0.3) is 0 Å². The van der Waals surface area contributed by atoms with Crippen LogP contribution in [0.5, 0.6) is 5.75 Å². The molecule has 0 aliphatic heterocycles. The van der Waals surface area contributed by atoms with E-state index in [-0.39, 0.29) is 0 Å². The van der Waals surface area contributed by atoms with Crippen LogP contribution in [0.25, 0.3) is 10.1 Å². The normalized spacial score (nSPS) is 10.8. The molecule has 2 rings (SSSR count). The summed E-state index contributed by atoms with van der Waals surface area (Å²) in [6.45, 7) is 0. The molecule has 14 heavy (non-hydrogen) atoms. The molecule has 0 bridgehead atoms. The monoisotopic (exact) mass is 288 g/mol. The Hall–Kier alpha value is -0.190. The fourth-order valence-corrected chi connectivity index (χ4v) is 3.38. The maximum atomic E-state index is 5.38. The van der Waals surface area contributed by atoms with Gasteiger partial charge in [0.2, 0.25) is 0 Å². The summed E-state index contributed by atoms with van der Waals surface area (Å²) in [5, 5.41) is 2.00. The summed E-state index contributed by atoms with van der Waals surface area (Å²) in [4.78, 5) is 2.21. The number of hydrogen-bond acceptors (Lipinski definition) is 3. The van der Waals surface area contributed by atoms with E-state index in [1.165, 1.54) is 15.0 Å². The van der Waals surface area contributed by atoms with Crippen LogP contribution in [0.3, 0.4) is 0 Å². The summed E-state index contributed by atoms with van der Waals surface area (Å²) >= 11 is 9.52. The number of ether oxygens (including phenoxy) is 1. The molecule has 0 atom stereocenters. The van der Waals surface area contributed by atoms with Crippen molar-refractivity contribution in [3.8, 4) is 5.75 Å². The molecule has 0 aliphatic rings. The highest BCUT2D eigenvalue weighted by atomic mass is 79.9. The van der Waals surface area contributed by atoms with Gasteiger partial charge in [0, 0.05) is 20.3 Å². The van der Waals surface area contributed by atoms with Crippen molar-refractivity contribution in [3.05, 3.63) is 23.1 Å². The largest absolute Gasteiger partial charge is 0.495 e. The van der Waals surface area contributed by atoms with Gasteiger partial charge in [0.05, 0.1) is 12.0 Å². The van der Waals surface area contributed by atoms with E-state index in [4.69, 9.17) is 4.74 Å². The minimum absolute atomic E-state index is 0.831. The first-order chi connectivity index (χ1) is 6.76. The first-order valence-corrected chi connectivity index (χ1v) is 6.49. The highest BCUT2D eigenvalue weighted by molar-refractivity contribution is 9.08. The molecule has 1 aromatic heterocycles. The van der Waals surface area contributed by atoms with Crippen molar-refractivity contribution >= 4 is 50.0 Å². The molecule has 4 heteroatoms. The number of benzene rings is 1. The van der Waals surface area contributed by atoms with E-state index in [1.54, 1.807) is 18.4 Å². The predicted molar refractivity (Wildman–Crippen MR) is 68.3 cm³/mol. The lowest BCUT2D eigenvalue weighted by Gasteiger charge is -1.99. The number of halogens is 1. The van der Waals surface area contributed by atoms with Gasteiger partial charge in [-0.05, 0) is 18.2 Å². The summed E-state index contributed by atoms with van der Waals surface area (Å²) in [6.07, 6.45) is 0. The van der Waals surface area contributed by atoms with E-state index in [1.807, 2.05) is 6.07 Å². The fourth-order valence-electron chi connectivity index (χ4n) is 1.42. The van der Waals surface area contributed by atoms with Crippen LogP contribution < -0.4 is 4.74 Å². The van der Waals surface area contributed by atoms with Crippen LogP contribution in [0.4, 0.5) is 0 Å². The Balaban J connectivity index is 2.73. The zero-order valence-corrected chi connectivity index (χ0v) is 10.9. The Bertz CT molecular complexity index is 464. The zero-order valence-electron chi connectivity index (χ0n) is 7.58. The van der Waals surface area contributed by atoms with Gasteiger partial charge in [0.15, 0.2) is 0 Å². The number of alkyl halides is 1. The SMILES string of the molecule is COc1c(CBr)sc2cc(S)ccc12. The summed E-state index contributed by atoms with van der Waals surface area (Å²) in [6, 6.07) is 6.11. The molecular weight excluding hydrogens is 280 g/mol. The second kappa shape index (κ2) is 4.13. The van der Waals surface area contributed by atoms with E-state index < -0.39 is 0 Å². The maximum Gasteiger partial charge on any atom is 0.141 e. The Morgan fingerprint density at radius 1 is 1.50 bits per heavy atom. The van der Waals surface area contributed by atoms with Crippen molar-refractivity contribution < 1.29 is 4.74 Å². The van der Waals surface area contributed by atoms with Gasteiger partial charge in [-0.1, -0.05) is 15.9 Å². The van der Waals surface area contributed by atoms with Crippen LogP contribution in [-0.2, 0) is 5.33 Å². The number of hydrogen-bond donors (Lipinski definition) is 1. The second-order valence-corrected chi connectivity index (χ2v) is 5.09. The van der Waals surface area contributed by atoms with Crippen molar-refractivity contribution in [2.45, 2.75) is 10.2 Å². The fraction of sp³-hybridized carbons (Fsp3) is 0.200. The van der Waals surface area contributed by atoms with Crippen molar-refractivity contribution in [1.82, 2.24) is 0 Å². The van der Waals surface area contributed by atoms with Gasteiger partial charge in [-0.25, -0.2) is 0 Å². The lowest BCUT2D eigenvalue weighted by atomic mass is 10.2. The molecule has 0 fully saturated rings. The van der Waals surface area contributed by atoms with E-state index >= 15 is 0 Å². The van der Waals surface area contributed by atoms with E-state index in [0.29, 0.717) is 0 Å². The van der Waals surface area contributed by atoms with Gasteiger partial charge in [-0.3, -0.25) is 0 Å². The third-order valence-corrected chi connectivity index (χ3v) is 4.37. The lowest BCUT2D eigenvalue weighted by molar-refractivity contribution is 0.418. The van der Waals surface area contributed by atoms with E-state index in [9.17, 15) is 0 Å². The number of methoxy groups -OCH3 is 1. The Kier molecular flexibility index (Phi) is 3.04. The minimum Gasteiger partial charge on any atom is -0.495 e. The number of fused-ring (bicyclic) bond motifs is 1. The van der Waals surface area contributed by atoms with Crippen LogP contribution in [0.2, 0.25) is 0 Å². The molecule has 2 aromatic rings. The average Bonchev–Trinajstić information content (AvgIpc) is 2.54. The standard InChI is InChI=1S/C10H9BrOS2/c1-12-10-7-3-2-6(13)4-8(7)14-9(10)5-11/h2-4,13H,5H2,1H3. The first kappa shape index (κ1) is 10.3. The molecule has 74 valence electrons. The molecule has 1 nitrogen and oxygen atoms in total. The molecule has 0 unspecified atom stereocenters. The second-order valence-electron chi connectivity index (χ2n) is 2.87. The molecule has 0 saturated heterocycles. The van der Waals surface area contributed by atoms with Crippen molar-refractivity contribution in [2.24, 2.45) is 0 Å². The quantitative estimate of drug-likeness (QED) is 0.647. The van der Waals surface area contributed by atoms with E-state index in [2.05, 4.69) is 40.7 Å². The molecule has 0 N–H and O–H groups in total. The number of thiol groups is 1. The summed E-state index contributed by atoms with van der Waals surface area (Å²) in [7, 11) is 1.71. The summed E-state index contributed by atoms with van der Waals surface area (Å²) in [5.74, 6) is 0.982. The lowest BCUT2D eigenvalue weighted by Crippen LogP contribution is -1.83. The smallest absolute Gasteiger partial charge is 0.141 e. The highest BCUT2D eigenvalue weighted by Gasteiger charge is 2.11. The molecule has 1 heterocycles. The predicted octanol–water partition coefficient (Wildman–Crippen LogP) is 4.09. The first-order valence-electron chi connectivity index (χ1n) is 4.10. The summed E-state index contributed by atoms with van der Waals surface area (Å²) in [5.41, 5.74) is 0. The molecular formula is C10H9BrOS2. The number of thiophene rings is 1. The van der Waals surface area contributed by atoms with Crippen molar-refractivity contribution in [1.29, 1.82) is 0 Å². The Morgan fingerprint density at radius 2 is 2.29 bits per heavy atom. The summed E-state index contributed by atoms with van der Waals surface area (Å²) < 4.78 is 6.61. The zero-order chi connectivity index (χ0) is 10.1. The van der Waals surface area contributed by atoms with Crippen LogP contribution >= 0.6 is 39.9 Å². The van der Waals surface area contributed by atoms with Gasteiger partial charge in [-0.15, -0.1) is 24.0 Å². The van der Waals surface area contributed by atoms with Crippen LogP contribution in [0, 0.1) is 0 Å². The third-order valence-electron chi connectivity index (χ3n) is 2.02. The minimum atomic E-state index is 0.831. The molecule has 0 amide bonds. The molecule has 0 radical (unpaired) electrons. The maximum absolute atomic E-state index is 5.38. The van der Waals surface area contributed by atoms with Gasteiger partial charge < -0.3 is 4.74 Å². The molecule has 0 saturated carbocycles. The Labute approximate surface area is 101 Å². The molecule has 0 aliphatic carbocycles. The highest BCUT2D eigenvalue weighted by Crippen LogP contribution is 2.39. The third kappa shape index (κ3) is 1.66. The van der Waals surface area contributed by atoms with Crippen LogP contribution in [0.1, 0.15) is 4.88 Å². The molecule has 0 spiro atoms. The van der Waals surface area contributed by atoms with Crippen molar-refractivity contribution in [2.75, 3.05) is 7.11 Å². The van der Waals surface area contributed by atoms with Crippen molar-refractivity contribution in [3.63, 3.8) is 0 Å². The molecule has 1 aromatic carbocycles. The van der Waals surface area contributed by atoms with Crippen LogP contribution in [0.15, 0.2) is 23.1 Å². The Morgan fingerprint density at radius 3 is 2.93 bits per heavy atom. The van der Waals surface area contributed by atoms with Crippen LogP contribution in [-0.4, -0.2) is 7.11 Å². The topological polar surface area (TPSA) is 9.23 Å². The average molecular weight is 289 g/mol. The number of rotatable bonds is 2. The van der Waals surface area contributed by atoms with E-state index in [0.717, 1.165) is 16.0 Å². The van der Waals surface area contributed by atoms with Gasteiger partial charge in [-0.2, -0.15) is 0 Å². The van der Waals surface area contributed by atoms with Gasteiger partial charge in [0.1, 0.15) is 5.75 Å².